The Kier molecular flexibility index (Phi) is 4.90. The molecule has 2 heterocycles. The van der Waals surface area contributed by atoms with Crippen LogP contribution in [0.2, 0.25) is 0 Å². The summed E-state index contributed by atoms with van der Waals surface area (Å²) in [5.74, 6) is 1.35. The van der Waals surface area contributed by atoms with E-state index in [0.29, 0.717) is 5.82 Å². The minimum atomic E-state index is -0.260. The zero-order valence-corrected chi connectivity index (χ0v) is 16.4. The quantitative estimate of drug-likeness (QED) is 0.417. The molecule has 1 N–H and O–H groups in total. The van der Waals surface area contributed by atoms with Gasteiger partial charge in [0.1, 0.15) is 23.0 Å². The monoisotopic (exact) mass is 424 g/mol. The number of pyridine rings is 1. The first-order valence-electron chi connectivity index (χ1n) is 8.80. The van der Waals surface area contributed by atoms with Crippen LogP contribution in [0, 0.1) is 5.82 Å². The molecule has 2 aromatic heterocycles. The SMILES string of the molecule is CCCn1c(-c2ccc(Br)cc2)nc2ccc(Nc3ccc(F)cc3)nc21. The molecular weight excluding hydrogens is 407 g/mol. The van der Waals surface area contributed by atoms with Crippen molar-refractivity contribution in [2.45, 2.75) is 19.9 Å². The molecule has 0 bridgehead atoms. The van der Waals surface area contributed by atoms with Gasteiger partial charge in [0.25, 0.3) is 0 Å². The summed E-state index contributed by atoms with van der Waals surface area (Å²) in [6.07, 6.45) is 0.978. The lowest BCUT2D eigenvalue weighted by Crippen LogP contribution is -2.02. The number of aromatic nitrogens is 3. The third kappa shape index (κ3) is 3.71. The lowest BCUT2D eigenvalue weighted by atomic mass is 10.2. The van der Waals surface area contributed by atoms with Gasteiger partial charge in [-0.2, -0.15) is 0 Å². The second-order valence-electron chi connectivity index (χ2n) is 6.27. The van der Waals surface area contributed by atoms with Gasteiger partial charge >= 0.3 is 0 Å². The number of imidazole rings is 1. The Morgan fingerprint density at radius 2 is 1.70 bits per heavy atom. The molecule has 0 spiro atoms. The lowest BCUT2D eigenvalue weighted by Gasteiger charge is -2.09. The number of aryl methyl sites for hydroxylation is 1. The number of rotatable bonds is 5. The summed E-state index contributed by atoms with van der Waals surface area (Å²) in [7, 11) is 0. The number of nitrogens with zero attached hydrogens (tertiary/aromatic N) is 3. The minimum Gasteiger partial charge on any atom is -0.340 e. The number of hydrogen-bond donors (Lipinski definition) is 1. The highest BCUT2D eigenvalue weighted by atomic mass is 79.9. The molecule has 0 aliphatic rings. The van der Waals surface area contributed by atoms with Crippen LogP contribution in [0.25, 0.3) is 22.6 Å². The Hall–Kier alpha value is -2.73. The molecule has 4 nitrogen and oxygen atoms in total. The molecule has 4 aromatic rings. The fraction of sp³-hybridized carbons (Fsp3) is 0.143. The van der Waals surface area contributed by atoms with Gasteiger partial charge in [-0.1, -0.05) is 35.0 Å². The average Bonchev–Trinajstić information content (AvgIpc) is 3.03. The Labute approximate surface area is 165 Å². The molecule has 0 saturated carbocycles. The summed E-state index contributed by atoms with van der Waals surface area (Å²) in [5.41, 5.74) is 3.53. The number of benzene rings is 2. The summed E-state index contributed by atoms with van der Waals surface area (Å²) in [6.45, 7) is 2.96. The van der Waals surface area contributed by atoms with Crippen molar-refractivity contribution in [3.05, 3.63) is 71.0 Å². The Morgan fingerprint density at radius 3 is 2.41 bits per heavy atom. The van der Waals surface area contributed by atoms with E-state index in [1.807, 2.05) is 24.3 Å². The summed E-state index contributed by atoms with van der Waals surface area (Å²) < 4.78 is 16.3. The largest absolute Gasteiger partial charge is 0.340 e. The number of fused-ring (bicyclic) bond motifs is 1. The normalized spacial score (nSPS) is 11.1. The van der Waals surface area contributed by atoms with Gasteiger partial charge in [0.05, 0.1) is 0 Å². The van der Waals surface area contributed by atoms with Crippen LogP contribution in [0.1, 0.15) is 13.3 Å². The highest BCUT2D eigenvalue weighted by molar-refractivity contribution is 9.10. The molecule has 6 heteroatoms. The van der Waals surface area contributed by atoms with Crippen LogP contribution >= 0.6 is 15.9 Å². The van der Waals surface area contributed by atoms with Crippen molar-refractivity contribution in [1.82, 2.24) is 14.5 Å². The molecule has 27 heavy (non-hydrogen) atoms. The fourth-order valence-electron chi connectivity index (χ4n) is 3.01. The van der Waals surface area contributed by atoms with E-state index in [1.165, 1.54) is 12.1 Å². The van der Waals surface area contributed by atoms with Crippen molar-refractivity contribution in [2.75, 3.05) is 5.32 Å². The Bertz CT molecular complexity index is 1070. The van der Waals surface area contributed by atoms with E-state index in [1.54, 1.807) is 12.1 Å². The Balaban J connectivity index is 1.76. The maximum Gasteiger partial charge on any atom is 0.162 e. The van der Waals surface area contributed by atoms with E-state index in [0.717, 1.165) is 45.7 Å². The second kappa shape index (κ2) is 7.48. The van der Waals surface area contributed by atoms with Crippen molar-refractivity contribution in [2.24, 2.45) is 0 Å². The average molecular weight is 425 g/mol. The van der Waals surface area contributed by atoms with Gasteiger partial charge in [-0.25, -0.2) is 14.4 Å². The van der Waals surface area contributed by atoms with Crippen LogP contribution in [0.3, 0.4) is 0 Å². The maximum atomic E-state index is 13.1. The first-order chi connectivity index (χ1) is 13.1. The Morgan fingerprint density at radius 1 is 0.963 bits per heavy atom. The van der Waals surface area contributed by atoms with Crippen LogP contribution in [-0.2, 0) is 6.54 Å². The second-order valence-corrected chi connectivity index (χ2v) is 7.18. The summed E-state index contributed by atoms with van der Waals surface area (Å²) in [6, 6.07) is 18.2. The van der Waals surface area contributed by atoms with E-state index in [4.69, 9.17) is 9.97 Å². The van der Waals surface area contributed by atoms with E-state index in [2.05, 4.69) is 44.9 Å². The van der Waals surface area contributed by atoms with Gasteiger partial charge in [0.15, 0.2) is 5.65 Å². The molecule has 0 amide bonds. The van der Waals surface area contributed by atoms with Crippen molar-refractivity contribution < 1.29 is 4.39 Å². The summed E-state index contributed by atoms with van der Waals surface area (Å²) >= 11 is 3.48. The molecule has 2 aromatic carbocycles. The van der Waals surface area contributed by atoms with Gasteiger partial charge in [0.2, 0.25) is 0 Å². The molecule has 0 atom stereocenters. The van der Waals surface area contributed by atoms with E-state index in [-0.39, 0.29) is 5.82 Å². The van der Waals surface area contributed by atoms with Crippen molar-refractivity contribution in [3.8, 4) is 11.4 Å². The third-order valence-corrected chi connectivity index (χ3v) is 4.79. The smallest absolute Gasteiger partial charge is 0.162 e. The van der Waals surface area contributed by atoms with Crippen LogP contribution in [-0.4, -0.2) is 14.5 Å². The van der Waals surface area contributed by atoms with Gasteiger partial charge < -0.3 is 9.88 Å². The molecule has 0 aliphatic carbocycles. The molecule has 0 radical (unpaired) electrons. The number of anilines is 2. The van der Waals surface area contributed by atoms with E-state index < -0.39 is 0 Å². The molecule has 0 fully saturated rings. The summed E-state index contributed by atoms with van der Waals surface area (Å²) in [4.78, 5) is 9.56. The third-order valence-electron chi connectivity index (χ3n) is 4.26. The van der Waals surface area contributed by atoms with Crippen LogP contribution in [0.4, 0.5) is 15.9 Å². The lowest BCUT2D eigenvalue weighted by molar-refractivity contribution is 0.628. The molecule has 0 unspecified atom stereocenters. The zero-order chi connectivity index (χ0) is 18.8. The summed E-state index contributed by atoms with van der Waals surface area (Å²) in [5, 5.41) is 3.22. The highest BCUT2D eigenvalue weighted by Gasteiger charge is 2.14. The molecule has 4 rings (SSSR count). The van der Waals surface area contributed by atoms with Crippen molar-refractivity contribution in [1.29, 1.82) is 0 Å². The standard InChI is InChI=1S/C21H18BrFN4/c1-2-13-27-20(14-3-5-15(22)6-4-14)25-18-11-12-19(26-21(18)27)24-17-9-7-16(23)8-10-17/h3-12H,2,13H2,1H3,(H,24,26). The number of nitrogens with one attached hydrogen (secondary N) is 1. The van der Waals surface area contributed by atoms with Gasteiger partial charge in [-0.05, 0) is 55.0 Å². The molecule has 0 aliphatic heterocycles. The van der Waals surface area contributed by atoms with E-state index >= 15 is 0 Å². The zero-order valence-electron chi connectivity index (χ0n) is 14.8. The van der Waals surface area contributed by atoms with Crippen LogP contribution < -0.4 is 5.32 Å². The number of halogens is 2. The molecular formula is C21H18BrFN4. The number of hydrogen-bond acceptors (Lipinski definition) is 3. The predicted molar refractivity (Wildman–Crippen MR) is 111 cm³/mol. The van der Waals surface area contributed by atoms with E-state index in [9.17, 15) is 4.39 Å². The van der Waals surface area contributed by atoms with Crippen LogP contribution in [0.15, 0.2) is 65.1 Å². The van der Waals surface area contributed by atoms with Crippen molar-refractivity contribution in [3.63, 3.8) is 0 Å². The topological polar surface area (TPSA) is 42.7 Å². The van der Waals surface area contributed by atoms with Gasteiger partial charge in [-0.15, -0.1) is 0 Å². The first kappa shape index (κ1) is 17.7. The van der Waals surface area contributed by atoms with Gasteiger partial charge in [0, 0.05) is 22.3 Å². The van der Waals surface area contributed by atoms with Gasteiger partial charge in [-0.3, -0.25) is 0 Å². The maximum absolute atomic E-state index is 13.1. The first-order valence-corrected chi connectivity index (χ1v) is 9.59. The van der Waals surface area contributed by atoms with Crippen molar-refractivity contribution >= 4 is 38.6 Å². The molecule has 136 valence electrons. The fourth-order valence-corrected chi connectivity index (χ4v) is 3.27. The predicted octanol–water partition coefficient (Wildman–Crippen LogP) is 6.15. The van der Waals surface area contributed by atoms with Crippen LogP contribution in [0.5, 0.6) is 0 Å². The molecule has 0 saturated heterocycles. The highest BCUT2D eigenvalue weighted by Crippen LogP contribution is 2.27. The minimum absolute atomic E-state index is 0.260.